The van der Waals surface area contributed by atoms with Gasteiger partial charge < -0.3 is 0 Å². The molecule has 230 valence electrons. The summed E-state index contributed by atoms with van der Waals surface area (Å²) in [6, 6.07) is 45.7. The minimum atomic E-state index is 0.776. The second-order valence-corrected chi connectivity index (χ2v) is 16.8. The number of rotatable bonds is 12. The highest BCUT2D eigenvalue weighted by atomic mass is 32.2. The Labute approximate surface area is 311 Å². The van der Waals surface area contributed by atoms with E-state index in [-0.39, 0.29) is 0 Å². The molecule has 5 aromatic carbocycles. The van der Waals surface area contributed by atoms with E-state index >= 15 is 0 Å². The normalized spacial score (nSPS) is 10.8. The van der Waals surface area contributed by atoms with Crippen LogP contribution >= 0.6 is 95.9 Å². The number of thiocarbonyl (C=S) groups is 4. The zero-order valence-corrected chi connectivity index (χ0v) is 31.3. The summed E-state index contributed by atoms with van der Waals surface area (Å²) in [4.78, 5) is 0. The van der Waals surface area contributed by atoms with Crippen LogP contribution in [0.5, 0.6) is 0 Å². The third kappa shape index (κ3) is 10.4. The van der Waals surface area contributed by atoms with Crippen LogP contribution < -0.4 is 0 Å². The number of benzene rings is 5. The Hall–Kier alpha value is -2.14. The lowest BCUT2D eigenvalue weighted by Gasteiger charge is -2.18. The topological polar surface area (TPSA) is 0 Å². The van der Waals surface area contributed by atoms with Gasteiger partial charge in [-0.15, -0.1) is 47.0 Å². The molecule has 5 rings (SSSR count). The van der Waals surface area contributed by atoms with Crippen molar-refractivity contribution in [3.05, 3.63) is 178 Å². The minimum absolute atomic E-state index is 0.776. The zero-order chi connectivity index (χ0) is 32.1. The molecule has 0 saturated heterocycles. The first-order valence-corrected chi connectivity index (χ1v) is 20.1. The quantitative estimate of drug-likeness (QED) is 0.114. The summed E-state index contributed by atoms with van der Waals surface area (Å²) in [5.74, 6) is 3.10. The van der Waals surface area contributed by atoms with Crippen molar-refractivity contribution in [2.45, 2.75) is 23.0 Å². The standard InChI is InChI=1S/C38H30S8/c39-35(27-13-5-1-6-14-27)43-23-31-21-33(25-45-37(41)29-17-9-3-10-18-29)34(26-46-38(42)30-19-11-4-12-20-30)22-32(31)24-44-36(40)28-15-7-2-8-16-28/h1-22H,23-26H2. The highest BCUT2D eigenvalue weighted by molar-refractivity contribution is 8.24. The van der Waals surface area contributed by atoms with E-state index in [2.05, 4.69) is 60.7 Å². The van der Waals surface area contributed by atoms with E-state index < -0.39 is 0 Å². The molecule has 0 bridgehead atoms. The fourth-order valence-corrected chi connectivity index (χ4v) is 9.22. The molecule has 0 amide bonds. The van der Waals surface area contributed by atoms with Crippen molar-refractivity contribution >= 4 is 113 Å². The molecule has 5 aromatic rings. The van der Waals surface area contributed by atoms with Crippen molar-refractivity contribution in [1.82, 2.24) is 0 Å². The average molecular weight is 743 g/mol. The smallest absolute Gasteiger partial charge is 0.0781 e. The van der Waals surface area contributed by atoms with Gasteiger partial charge in [0.25, 0.3) is 0 Å². The Balaban J connectivity index is 1.43. The summed E-state index contributed by atoms with van der Waals surface area (Å²) < 4.78 is 3.59. The molecule has 0 aliphatic carbocycles. The van der Waals surface area contributed by atoms with Crippen molar-refractivity contribution in [2.24, 2.45) is 0 Å². The molecule has 0 N–H and O–H groups in total. The third-order valence-corrected chi connectivity index (χ3v) is 13.2. The maximum absolute atomic E-state index is 5.85. The van der Waals surface area contributed by atoms with Gasteiger partial charge in [0.15, 0.2) is 0 Å². The van der Waals surface area contributed by atoms with Gasteiger partial charge >= 0.3 is 0 Å². The number of thioether (sulfide) groups is 4. The molecule has 0 heterocycles. The Bertz CT molecular complexity index is 1520. The van der Waals surface area contributed by atoms with Crippen LogP contribution in [0.15, 0.2) is 133 Å². The summed E-state index contributed by atoms with van der Waals surface area (Å²) in [5.41, 5.74) is 9.40. The van der Waals surface area contributed by atoms with Gasteiger partial charge in [-0.1, -0.05) is 182 Å². The van der Waals surface area contributed by atoms with E-state index in [0.29, 0.717) is 0 Å². The second-order valence-electron chi connectivity index (χ2n) is 10.2. The van der Waals surface area contributed by atoms with Crippen LogP contribution in [0.25, 0.3) is 0 Å². The molecule has 8 heteroatoms. The highest BCUT2D eigenvalue weighted by Gasteiger charge is 2.16. The Kier molecular flexibility index (Phi) is 14.1. The van der Waals surface area contributed by atoms with Gasteiger partial charge in [-0.3, -0.25) is 0 Å². The lowest BCUT2D eigenvalue weighted by atomic mass is 10.0. The highest BCUT2D eigenvalue weighted by Crippen LogP contribution is 2.33. The Morgan fingerprint density at radius 1 is 0.326 bits per heavy atom. The first kappa shape index (κ1) is 35.2. The molecule has 0 spiro atoms. The largest absolute Gasteiger partial charge is 0.109 e. The summed E-state index contributed by atoms with van der Waals surface area (Å²) in [7, 11) is 0. The zero-order valence-electron chi connectivity index (χ0n) is 24.8. The molecular formula is C38H30S8. The summed E-state index contributed by atoms with van der Waals surface area (Å²) in [6.07, 6.45) is 0. The van der Waals surface area contributed by atoms with Gasteiger partial charge in [0.2, 0.25) is 0 Å². The Morgan fingerprint density at radius 3 is 0.717 bits per heavy atom. The van der Waals surface area contributed by atoms with Crippen LogP contribution in [0.2, 0.25) is 0 Å². The van der Waals surface area contributed by atoms with Crippen molar-refractivity contribution in [2.75, 3.05) is 0 Å². The van der Waals surface area contributed by atoms with E-state index in [0.717, 1.165) is 62.1 Å². The molecule has 46 heavy (non-hydrogen) atoms. The molecule has 0 fully saturated rings. The summed E-state index contributed by atoms with van der Waals surface area (Å²) >= 11 is 30.2. The monoisotopic (exact) mass is 742 g/mol. The molecule has 0 aromatic heterocycles. The van der Waals surface area contributed by atoms with Gasteiger partial charge in [0.1, 0.15) is 0 Å². The molecule has 0 unspecified atom stereocenters. The molecule has 0 atom stereocenters. The van der Waals surface area contributed by atoms with E-state index in [1.54, 1.807) is 47.0 Å². The fraction of sp³-hybridized carbons (Fsp3) is 0.105. The minimum Gasteiger partial charge on any atom is -0.109 e. The van der Waals surface area contributed by atoms with Crippen LogP contribution in [0.4, 0.5) is 0 Å². The average Bonchev–Trinajstić information content (AvgIpc) is 3.12. The molecule has 0 aliphatic heterocycles. The predicted octanol–water partition coefficient (Wildman–Crippen LogP) is 12.1. The summed E-state index contributed by atoms with van der Waals surface area (Å²) in [5, 5.41) is 0. The van der Waals surface area contributed by atoms with Gasteiger partial charge in [-0.2, -0.15) is 0 Å². The lowest BCUT2D eigenvalue weighted by molar-refractivity contribution is 1.19. The second kappa shape index (κ2) is 18.4. The van der Waals surface area contributed by atoms with Crippen molar-refractivity contribution in [1.29, 1.82) is 0 Å². The van der Waals surface area contributed by atoms with Gasteiger partial charge in [-0.05, 0) is 44.5 Å². The summed E-state index contributed by atoms with van der Waals surface area (Å²) in [6.45, 7) is 0. The van der Waals surface area contributed by atoms with Gasteiger partial charge in [0.05, 0.1) is 16.8 Å². The Morgan fingerprint density at radius 2 is 0.522 bits per heavy atom. The van der Waals surface area contributed by atoms with E-state index in [1.807, 2.05) is 72.8 Å². The maximum Gasteiger partial charge on any atom is 0.0781 e. The van der Waals surface area contributed by atoms with Gasteiger partial charge in [-0.25, -0.2) is 0 Å². The fourth-order valence-electron chi connectivity index (χ4n) is 4.53. The molecule has 0 radical (unpaired) electrons. The van der Waals surface area contributed by atoms with Gasteiger partial charge in [0, 0.05) is 23.0 Å². The van der Waals surface area contributed by atoms with Crippen LogP contribution in [0, 0.1) is 0 Å². The third-order valence-electron chi connectivity index (χ3n) is 6.99. The first-order valence-electron chi connectivity index (χ1n) is 14.5. The van der Waals surface area contributed by atoms with E-state index in [1.165, 1.54) is 22.3 Å². The molecular weight excluding hydrogens is 713 g/mol. The van der Waals surface area contributed by atoms with Crippen molar-refractivity contribution in [3.8, 4) is 0 Å². The molecule has 0 saturated carbocycles. The van der Waals surface area contributed by atoms with Crippen molar-refractivity contribution < 1.29 is 0 Å². The first-order chi connectivity index (χ1) is 22.5. The molecule has 0 aliphatic rings. The lowest BCUT2D eigenvalue weighted by Crippen LogP contribution is -2.04. The SMILES string of the molecule is S=C(SCc1cc(CSC(=S)c2ccccc2)c(CSC(=S)c2ccccc2)cc1CSC(=S)c1ccccc1)c1ccccc1. The van der Waals surface area contributed by atoms with E-state index in [4.69, 9.17) is 48.9 Å². The van der Waals surface area contributed by atoms with Crippen LogP contribution in [0.3, 0.4) is 0 Å². The van der Waals surface area contributed by atoms with Crippen molar-refractivity contribution in [3.63, 3.8) is 0 Å². The number of hydrogen-bond donors (Lipinski definition) is 0. The molecule has 0 nitrogen and oxygen atoms in total. The number of hydrogen-bond acceptors (Lipinski definition) is 8. The predicted molar refractivity (Wildman–Crippen MR) is 224 cm³/mol. The maximum atomic E-state index is 5.85. The van der Waals surface area contributed by atoms with Crippen LogP contribution in [-0.2, 0) is 23.0 Å². The van der Waals surface area contributed by atoms with Crippen LogP contribution in [0.1, 0.15) is 44.5 Å². The van der Waals surface area contributed by atoms with E-state index in [9.17, 15) is 0 Å². The van der Waals surface area contributed by atoms with Crippen LogP contribution in [-0.4, -0.2) is 16.8 Å².